The molecule has 0 aromatic heterocycles. The molecule has 1 aromatic carbocycles. The molecule has 1 nitrogen and oxygen atoms in total. The van der Waals surface area contributed by atoms with Crippen LogP contribution in [0.4, 0.5) is 0 Å². The van der Waals surface area contributed by atoms with Crippen molar-refractivity contribution in [3.05, 3.63) is 35.9 Å². The normalized spacial score (nSPS) is 36.3. The molecule has 3 atom stereocenters. The number of piperidine rings is 1. The zero-order chi connectivity index (χ0) is 10.5. The van der Waals surface area contributed by atoms with Gasteiger partial charge in [-0.05, 0) is 30.2 Å². The van der Waals surface area contributed by atoms with E-state index in [4.69, 9.17) is 0 Å². The molecule has 0 spiro atoms. The largest absolute Gasteiger partial charge is 0.296 e. The van der Waals surface area contributed by atoms with Gasteiger partial charge in [0, 0.05) is 19.1 Å². The van der Waals surface area contributed by atoms with Crippen molar-refractivity contribution >= 4 is 0 Å². The Kier molecular flexibility index (Phi) is 1.93. The maximum Gasteiger partial charge on any atom is 0.0320 e. The van der Waals surface area contributed by atoms with Gasteiger partial charge in [0.05, 0.1) is 0 Å². The second kappa shape index (κ2) is 3.08. The molecule has 2 aliphatic rings. The Bertz CT molecular complexity index is 359. The molecule has 2 fully saturated rings. The third kappa shape index (κ3) is 1.50. The van der Waals surface area contributed by atoms with Gasteiger partial charge >= 0.3 is 0 Å². The summed E-state index contributed by atoms with van der Waals surface area (Å²) in [5.74, 6) is 0.990. The zero-order valence-electron chi connectivity index (χ0n) is 9.61. The lowest BCUT2D eigenvalue weighted by molar-refractivity contribution is 0.222. The highest BCUT2D eigenvalue weighted by atomic mass is 15.2. The average Bonchev–Trinajstić information content (AvgIpc) is 2.77. The summed E-state index contributed by atoms with van der Waals surface area (Å²) in [4.78, 5) is 2.64. The standard InChI is InChI=1S/C14H19N/c1-11(12-6-4-3-5-7-12)15-9-13-8-14(13,2)10-15/h3-7,11,13H,8-10H2,1-2H3/t11-,13?,14?/m1/s1. The molecule has 1 saturated carbocycles. The summed E-state index contributed by atoms with van der Waals surface area (Å²) in [6.45, 7) is 7.39. The molecule has 1 aliphatic carbocycles. The van der Waals surface area contributed by atoms with E-state index < -0.39 is 0 Å². The van der Waals surface area contributed by atoms with Crippen LogP contribution in [0.15, 0.2) is 30.3 Å². The molecule has 3 rings (SSSR count). The molecular formula is C14H19N. The molecule has 1 aromatic rings. The van der Waals surface area contributed by atoms with Gasteiger partial charge in [-0.2, -0.15) is 0 Å². The Balaban J connectivity index is 1.74. The van der Waals surface area contributed by atoms with Gasteiger partial charge in [0.15, 0.2) is 0 Å². The summed E-state index contributed by atoms with van der Waals surface area (Å²) in [6, 6.07) is 11.5. The van der Waals surface area contributed by atoms with Gasteiger partial charge in [0.1, 0.15) is 0 Å². The van der Waals surface area contributed by atoms with Crippen molar-refractivity contribution in [1.29, 1.82) is 0 Å². The third-order valence-electron chi connectivity index (χ3n) is 4.39. The summed E-state index contributed by atoms with van der Waals surface area (Å²) in [5.41, 5.74) is 2.13. The lowest BCUT2D eigenvalue weighted by Crippen LogP contribution is -2.27. The first kappa shape index (κ1) is 9.41. The number of hydrogen-bond acceptors (Lipinski definition) is 1. The molecular weight excluding hydrogens is 182 g/mol. The lowest BCUT2D eigenvalue weighted by atomic mass is 10.1. The van der Waals surface area contributed by atoms with Crippen molar-refractivity contribution in [3.63, 3.8) is 0 Å². The SMILES string of the molecule is C[C@H](c1ccccc1)N1CC2CC2(C)C1. The van der Waals surface area contributed by atoms with Crippen LogP contribution in [0.3, 0.4) is 0 Å². The van der Waals surface area contributed by atoms with Crippen LogP contribution in [-0.4, -0.2) is 18.0 Å². The first-order valence-electron chi connectivity index (χ1n) is 5.98. The van der Waals surface area contributed by atoms with Crippen LogP contribution in [0.5, 0.6) is 0 Å². The van der Waals surface area contributed by atoms with E-state index >= 15 is 0 Å². The molecule has 15 heavy (non-hydrogen) atoms. The molecule has 1 heterocycles. The Labute approximate surface area is 92.1 Å². The van der Waals surface area contributed by atoms with Gasteiger partial charge in [-0.25, -0.2) is 0 Å². The topological polar surface area (TPSA) is 3.24 Å². The van der Waals surface area contributed by atoms with Crippen LogP contribution in [-0.2, 0) is 0 Å². The predicted octanol–water partition coefficient (Wildman–Crippen LogP) is 3.09. The van der Waals surface area contributed by atoms with E-state index in [-0.39, 0.29) is 0 Å². The van der Waals surface area contributed by atoms with Gasteiger partial charge in [0.25, 0.3) is 0 Å². The van der Waals surface area contributed by atoms with E-state index in [1.807, 2.05) is 0 Å². The van der Waals surface area contributed by atoms with Crippen molar-refractivity contribution < 1.29 is 0 Å². The van der Waals surface area contributed by atoms with Crippen LogP contribution in [0.2, 0.25) is 0 Å². The smallest absolute Gasteiger partial charge is 0.0320 e. The van der Waals surface area contributed by atoms with Crippen LogP contribution >= 0.6 is 0 Å². The second-order valence-corrected chi connectivity index (χ2v) is 5.57. The fraction of sp³-hybridized carbons (Fsp3) is 0.571. The van der Waals surface area contributed by atoms with Gasteiger partial charge in [-0.15, -0.1) is 0 Å². The van der Waals surface area contributed by atoms with Gasteiger partial charge < -0.3 is 0 Å². The minimum atomic E-state index is 0.593. The molecule has 0 amide bonds. The predicted molar refractivity (Wildman–Crippen MR) is 62.6 cm³/mol. The van der Waals surface area contributed by atoms with E-state index in [2.05, 4.69) is 49.1 Å². The van der Waals surface area contributed by atoms with Crippen molar-refractivity contribution in [3.8, 4) is 0 Å². The minimum absolute atomic E-state index is 0.593. The van der Waals surface area contributed by atoms with Crippen LogP contribution in [0.25, 0.3) is 0 Å². The highest BCUT2D eigenvalue weighted by molar-refractivity contribution is 5.20. The van der Waals surface area contributed by atoms with E-state index in [9.17, 15) is 0 Å². The molecule has 0 bridgehead atoms. The Morgan fingerprint density at radius 1 is 1.33 bits per heavy atom. The monoisotopic (exact) mass is 201 g/mol. The molecule has 1 aliphatic heterocycles. The number of likely N-dealkylation sites (tertiary alicyclic amines) is 1. The molecule has 80 valence electrons. The summed E-state index contributed by atoms with van der Waals surface area (Å²) < 4.78 is 0. The van der Waals surface area contributed by atoms with Crippen molar-refractivity contribution in [2.45, 2.75) is 26.3 Å². The third-order valence-corrected chi connectivity index (χ3v) is 4.39. The summed E-state index contributed by atoms with van der Waals surface area (Å²) in [6.07, 6.45) is 1.46. The van der Waals surface area contributed by atoms with Crippen LogP contribution in [0.1, 0.15) is 31.9 Å². The van der Waals surface area contributed by atoms with Crippen molar-refractivity contribution in [1.82, 2.24) is 4.90 Å². The van der Waals surface area contributed by atoms with Gasteiger partial charge in [0.2, 0.25) is 0 Å². The molecule has 0 radical (unpaired) electrons. The average molecular weight is 201 g/mol. The molecule has 1 saturated heterocycles. The van der Waals surface area contributed by atoms with E-state index in [0.29, 0.717) is 11.5 Å². The van der Waals surface area contributed by atoms with Gasteiger partial charge in [-0.3, -0.25) is 4.90 Å². The van der Waals surface area contributed by atoms with E-state index in [0.717, 1.165) is 5.92 Å². The quantitative estimate of drug-likeness (QED) is 0.710. The minimum Gasteiger partial charge on any atom is -0.296 e. The number of nitrogens with zero attached hydrogens (tertiary/aromatic N) is 1. The number of benzene rings is 1. The number of rotatable bonds is 2. The summed E-state index contributed by atoms with van der Waals surface area (Å²) in [7, 11) is 0. The van der Waals surface area contributed by atoms with Crippen LogP contribution in [0, 0.1) is 11.3 Å². The Hall–Kier alpha value is -0.820. The summed E-state index contributed by atoms with van der Waals surface area (Å²) in [5, 5.41) is 0. The number of fused-ring (bicyclic) bond motifs is 1. The van der Waals surface area contributed by atoms with Crippen LogP contribution < -0.4 is 0 Å². The van der Waals surface area contributed by atoms with E-state index in [1.165, 1.54) is 25.1 Å². The fourth-order valence-corrected chi connectivity index (χ4v) is 3.03. The maximum atomic E-state index is 2.64. The highest BCUT2D eigenvalue weighted by Gasteiger charge is 2.56. The first-order valence-corrected chi connectivity index (χ1v) is 5.98. The van der Waals surface area contributed by atoms with E-state index in [1.54, 1.807) is 0 Å². The Morgan fingerprint density at radius 3 is 2.67 bits per heavy atom. The lowest BCUT2D eigenvalue weighted by Gasteiger charge is -2.27. The molecule has 2 unspecified atom stereocenters. The highest BCUT2D eigenvalue weighted by Crippen LogP contribution is 2.58. The maximum absolute atomic E-state index is 2.64. The first-order chi connectivity index (χ1) is 7.19. The van der Waals surface area contributed by atoms with Gasteiger partial charge in [-0.1, -0.05) is 37.3 Å². The summed E-state index contributed by atoms with van der Waals surface area (Å²) >= 11 is 0. The second-order valence-electron chi connectivity index (χ2n) is 5.57. The van der Waals surface area contributed by atoms with Crippen molar-refractivity contribution in [2.24, 2.45) is 11.3 Å². The number of hydrogen-bond donors (Lipinski definition) is 0. The Morgan fingerprint density at radius 2 is 2.07 bits per heavy atom. The zero-order valence-corrected chi connectivity index (χ0v) is 9.61. The molecule has 1 heteroatoms. The fourth-order valence-electron chi connectivity index (χ4n) is 3.03. The van der Waals surface area contributed by atoms with Crippen molar-refractivity contribution in [2.75, 3.05) is 13.1 Å². The molecule has 0 N–H and O–H groups in total.